The summed E-state index contributed by atoms with van der Waals surface area (Å²) in [7, 11) is 0. The minimum absolute atomic E-state index is 0.117. The molecule has 0 bridgehead atoms. The summed E-state index contributed by atoms with van der Waals surface area (Å²) in [5.74, 6) is 0.397. The van der Waals surface area contributed by atoms with Crippen molar-refractivity contribution in [1.82, 2.24) is 0 Å². The molecule has 1 unspecified atom stereocenters. The van der Waals surface area contributed by atoms with Crippen molar-refractivity contribution in [1.29, 1.82) is 0 Å². The first kappa shape index (κ1) is 15.1. The van der Waals surface area contributed by atoms with Gasteiger partial charge < -0.3 is 0 Å². The van der Waals surface area contributed by atoms with Crippen molar-refractivity contribution in [2.75, 3.05) is 0 Å². The van der Waals surface area contributed by atoms with Crippen LogP contribution in [-0.4, -0.2) is 0 Å². The Morgan fingerprint density at radius 3 is 2.35 bits per heavy atom. The Kier molecular flexibility index (Phi) is 4.82. The smallest absolute Gasteiger partial charge is 0.126 e. The van der Waals surface area contributed by atoms with Gasteiger partial charge in [-0.1, -0.05) is 62.7 Å². The summed E-state index contributed by atoms with van der Waals surface area (Å²) in [5.41, 5.74) is 3.08. The van der Waals surface area contributed by atoms with Gasteiger partial charge in [-0.15, -0.1) is 0 Å². The molecule has 20 heavy (non-hydrogen) atoms. The molecule has 0 spiro atoms. The van der Waals surface area contributed by atoms with Crippen LogP contribution in [0.2, 0.25) is 5.02 Å². The third kappa shape index (κ3) is 3.40. The van der Waals surface area contributed by atoms with Crippen molar-refractivity contribution < 1.29 is 4.39 Å². The molecule has 0 saturated heterocycles. The van der Waals surface area contributed by atoms with Gasteiger partial charge in [0, 0.05) is 5.02 Å². The Labute approximate surface area is 125 Å². The van der Waals surface area contributed by atoms with Gasteiger partial charge in [-0.25, -0.2) is 4.39 Å². The van der Waals surface area contributed by atoms with Crippen molar-refractivity contribution in [3.8, 4) is 0 Å². The standard InChI is InChI=1S/C18H20ClF/c1-12(2)16-11-14(8-9-18(16)20)10-13(3)15-6-4-5-7-17(15)19/h4-9,11-13H,10H2,1-3H3. The monoisotopic (exact) mass is 290 g/mol. The number of rotatable bonds is 4. The predicted octanol–water partition coefficient (Wildman–Crippen LogP) is 5.95. The molecule has 0 heterocycles. The molecule has 0 fully saturated rings. The highest BCUT2D eigenvalue weighted by molar-refractivity contribution is 6.31. The fourth-order valence-corrected chi connectivity index (χ4v) is 2.82. The highest BCUT2D eigenvalue weighted by atomic mass is 35.5. The minimum atomic E-state index is -0.117. The van der Waals surface area contributed by atoms with E-state index in [1.54, 1.807) is 6.07 Å². The molecular formula is C18H20ClF. The van der Waals surface area contributed by atoms with Crippen LogP contribution in [0.4, 0.5) is 4.39 Å². The van der Waals surface area contributed by atoms with E-state index in [2.05, 4.69) is 13.0 Å². The number of hydrogen-bond donors (Lipinski definition) is 0. The summed E-state index contributed by atoms with van der Waals surface area (Å²) in [5, 5.41) is 0.797. The van der Waals surface area contributed by atoms with Crippen LogP contribution in [-0.2, 0) is 6.42 Å². The van der Waals surface area contributed by atoms with Gasteiger partial charge in [-0.2, -0.15) is 0 Å². The van der Waals surface area contributed by atoms with E-state index in [1.165, 1.54) is 0 Å². The van der Waals surface area contributed by atoms with E-state index < -0.39 is 0 Å². The van der Waals surface area contributed by atoms with Crippen molar-refractivity contribution >= 4 is 11.6 Å². The Hall–Kier alpha value is -1.34. The van der Waals surface area contributed by atoms with Gasteiger partial charge in [-0.05, 0) is 47.1 Å². The number of benzene rings is 2. The summed E-state index contributed by atoms with van der Waals surface area (Å²) in [6.45, 7) is 6.18. The molecule has 2 aromatic rings. The molecule has 0 N–H and O–H groups in total. The van der Waals surface area contributed by atoms with Gasteiger partial charge in [0.2, 0.25) is 0 Å². The van der Waals surface area contributed by atoms with Gasteiger partial charge in [0.25, 0.3) is 0 Å². The number of hydrogen-bond acceptors (Lipinski definition) is 0. The second-order valence-corrected chi connectivity index (χ2v) is 6.04. The second-order valence-electron chi connectivity index (χ2n) is 5.64. The summed E-state index contributed by atoms with van der Waals surface area (Å²) in [6.07, 6.45) is 0.865. The lowest BCUT2D eigenvalue weighted by molar-refractivity contribution is 0.596. The largest absolute Gasteiger partial charge is 0.207 e. The number of halogens is 2. The van der Waals surface area contributed by atoms with Crippen LogP contribution < -0.4 is 0 Å². The van der Waals surface area contributed by atoms with Crippen molar-refractivity contribution in [3.05, 3.63) is 70.0 Å². The molecule has 0 aliphatic heterocycles. The van der Waals surface area contributed by atoms with E-state index in [1.807, 2.05) is 44.2 Å². The van der Waals surface area contributed by atoms with E-state index >= 15 is 0 Å². The molecule has 0 aromatic heterocycles. The second kappa shape index (κ2) is 6.41. The van der Waals surface area contributed by atoms with Crippen LogP contribution in [0.25, 0.3) is 0 Å². The van der Waals surface area contributed by atoms with Crippen LogP contribution >= 0.6 is 11.6 Å². The molecule has 106 valence electrons. The van der Waals surface area contributed by atoms with Crippen LogP contribution in [0.5, 0.6) is 0 Å². The molecular weight excluding hydrogens is 271 g/mol. The van der Waals surface area contributed by atoms with Crippen molar-refractivity contribution in [2.24, 2.45) is 0 Å². The highest BCUT2D eigenvalue weighted by Crippen LogP contribution is 2.28. The zero-order valence-electron chi connectivity index (χ0n) is 12.2. The molecule has 0 aliphatic carbocycles. The van der Waals surface area contributed by atoms with Gasteiger partial charge in [-0.3, -0.25) is 0 Å². The Bertz CT molecular complexity index is 590. The lowest BCUT2D eigenvalue weighted by Gasteiger charge is -2.15. The summed E-state index contributed by atoms with van der Waals surface area (Å²) in [6, 6.07) is 13.3. The van der Waals surface area contributed by atoms with Crippen molar-refractivity contribution in [3.63, 3.8) is 0 Å². The summed E-state index contributed by atoms with van der Waals surface area (Å²) >= 11 is 6.23. The molecule has 1 atom stereocenters. The third-order valence-corrected chi connectivity index (χ3v) is 4.00. The topological polar surface area (TPSA) is 0 Å². The lowest BCUT2D eigenvalue weighted by atomic mass is 9.91. The maximum atomic E-state index is 13.7. The first-order chi connectivity index (χ1) is 9.49. The third-order valence-electron chi connectivity index (χ3n) is 3.66. The zero-order chi connectivity index (χ0) is 14.7. The SMILES string of the molecule is CC(C)c1cc(CC(C)c2ccccc2Cl)ccc1F. The molecule has 2 aromatic carbocycles. The van der Waals surface area contributed by atoms with Crippen LogP contribution in [0.1, 0.15) is 49.3 Å². The van der Waals surface area contributed by atoms with E-state index in [0.717, 1.165) is 28.1 Å². The maximum absolute atomic E-state index is 13.7. The van der Waals surface area contributed by atoms with E-state index in [4.69, 9.17) is 11.6 Å². The molecule has 0 saturated carbocycles. The van der Waals surface area contributed by atoms with E-state index in [0.29, 0.717) is 5.92 Å². The Balaban J connectivity index is 2.22. The molecule has 0 nitrogen and oxygen atoms in total. The highest BCUT2D eigenvalue weighted by Gasteiger charge is 2.12. The average molecular weight is 291 g/mol. The van der Waals surface area contributed by atoms with E-state index in [-0.39, 0.29) is 11.7 Å². The molecule has 0 amide bonds. The van der Waals surface area contributed by atoms with Crippen LogP contribution in [0, 0.1) is 5.82 Å². The van der Waals surface area contributed by atoms with Gasteiger partial charge in [0.05, 0.1) is 0 Å². The lowest BCUT2D eigenvalue weighted by Crippen LogP contribution is -2.01. The van der Waals surface area contributed by atoms with Crippen LogP contribution in [0.3, 0.4) is 0 Å². The van der Waals surface area contributed by atoms with Gasteiger partial charge in [0.15, 0.2) is 0 Å². The first-order valence-corrected chi connectivity index (χ1v) is 7.39. The average Bonchev–Trinajstić information content (AvgIpc) is 2.41. The van der Waals surface area contributed by atoms with Crippen molar-refractivity contribution in [2.45, 2.75) is 39.0 Å². The Morgan fingerprint density at radius 1 is 1.00 bits per heavy atom. The quantitative estimate of drug-likeness (QED) is 0.653. The van der Waals surface area contributed by atoms with Crippen LogP contribution in [0.15, 0.2) is 42.5 Å². The molecule has 2 heteroatoms. The Morgan fingerprint density at radius 2 is 1.70 bits per heavy atom. The molecule has 2 rings (SSSR count). The fraction of sp³-hybridized carbons (Fsp3) is 0.333. The van der Waals surface area contributed by atoms with Gasteiger partial charge >= 0.3 is 0 Å². The molecule has 0 aliphatic rings. The maximum Gasteiger partial charge on any atom is 0.126 e. The minimum Gasteiger partial charge on any atom is -0.207 e. The predicted molar refractivity (Wildman–Crippen MR) is 84.1 cm³/mol. The summed E-state index contributed by atoms with van der Waals surface area (Å²) in [4.78, 5) is 0. The molecule has 0 radical (unpaired) electrons. The van der Waals surface area contributed by atoms with E-state index in [9.17, 15) is 4.39 Å². The van der Waals surface area contributed by atoms with Gasteiger partial charge in [0.1, 0.15) is 5.82 Å². The normalized spacial score (nSPS) is 12.7. The zero-order valence-corrected chi connectivity index (χ0v) is 12.9. The first-order valence-electron chi connectivity index (χ1n) is 7.01. The fourth-order valence-electron chi connectivity index (χ4n) is 2.50. The summed E-state index contributed by atoms with van der Waals surface area (Å²) < 4.78 is 13.7.